The number of carbonyl (C=O) groups excluding carboxylic acids is 1. The Kier molecular flexibility index (Phi) is 6.26. The van der Waals surface area contributed by atoms with Crippen LogP contribution in [0.1, 0.15) is 30.9 Å². The quantitative estimate of drug-likeness (QED) is 0.443. The van der Waals surface area contributed by atoms with Gasteiger partial charge in [-0.2, -0.15) is 4.80 Å². The molecule has 6 heteroatoms. The van der Waals surface area contributed by atoms with E-state index in [0.29, 0.717) is 12.1 Å². The number of amides is 1. The summed E-state index contributed by atoms with van der Waals surface area (Å²) < 4.78 is 5.15. The Hall–Kier alpha value is -3.67. The Morgan fingerprint density at radius 1 is 0.935 bits per heavy atom. The van der Waals surface area contributed by atoms with Gasteiger partial charge in [-0.25, -0.2) is 0 Å². The van der Waals surface area contributed by atoms with Gasteiger partial charge >= 0.3 is 0 Å². The molecule has 6 nitrogen and oxygen atoms in total. The number of aryl methyl sites for hydroxylation is 1. The number of rotatable bonds is 8. The molecule has 4 aromatic rings. The lowest BCUT2D eigenvalue weighted by Gasteiger charge is -2.06. The molecule has 0 unspecified atom stereocenters. The molecule has 31 heavy (non-hydrogen) atoms. The highest BCUT2D eigenvalue weighted by atomic mass is 16.5. The first-order chi connectivity index (χ1) is 15.1. The molecule has 1 amide bonds. The van der Waals surface area contributed by atoms with Crippen LogP contribution in [0.3, 0.4) is 0 Å². The van der Waals surface area contributed by atoms with Gasteiger partial charge in [-0.3, -0.25) is 4.79 Å². The van der Waals surface area contributed by atoms with Crippen LogP contribution in [0.25, 0.3) is 16.7 Å². The van der Waals surface area contributed by atoms with Gasteiger partial charge in [0.15, 0.2) is 0 Å². The number of hydrogen-bond donors (Lipinski definition) is 1. The van der Waals surface area contributed by atoms with Gasteiger partial charge in [0.2, 0.25) is 5.91 Å². The normalized spacial score (nSPS) is 10.9. The number of benzene rings is 3. The van der Waals surface area contributed by atoms with Crippen LogP contribution in [0.2, 0.25) is 0 Å². The van der Waals surface area contributed by atoms with E-state index in [2.05, 4.69) is 34.6 Å². The molecule has 0 spiro atoms. The summed E-state index contributed by atoms with van der Waals surface area (Å²) in [5, 5.41) is 12.1. The lowest BCUT2D eigenvalue weighted by Crippen LogP contribution is -2.14. The first kappa shape index (κ1) is 20.6. The number of nitrogens with one attached hydrogen (secondary N) is 1. The number of fused-ring (bicyclic) bond motifs is 1. The number of methoxy groups -OCH3 is 1. The van der Waals surface area contributed by atoms with Crippen molar-refractivity contribution in [1.29, 1.82) is 0 Å². The summed E-state index contributed by atoms with van der Waals surface area (Å²) in [6.07, 6.45) is 3.76. The van der Waals surface area contributed by atoms with E-state index in [1.54, 1.807) is 11.9 Å². The Balaban J connectivity index is 1.45. The minimum atomic E-state index is -0.0837. The van der Waals surface area contributed by atoms with Crippen LogP contribution in [0.15, 0.2) is 66.7 Å². The second-order valence-electron chi connectivity index (χ2n) is 7.54. The van der Waals surface area contributed by atoms with Crippen LogP contribution in [-0.2, 0) is 17.6 Å². The third-order valence-electron chi connectivity index (χ3n) is 5.17. The van der Waals surface area contributed by atoms with Crippen LogP contribution in [-0.4, -0.2) is 28.0 Å². The number of carbonyl (C=O) groups is 1. The maximum atomic E-state index is 12.4. The molecule has 0 atom stereocenters. The van der Waals surface area contributed by atoms with E-state index in [1.165, 1.54) is 18.4 Å². The standard InChI is InChI=1S/C25H26N4O2/c1-3-4-5-18-6-11-21(12-7-18)29-27-23-15-10-20(17-24(23)28-29)26-25(30)16-19-8-13-22(31-2)14-9-19/h6-15,17H,3-5,16H2,1-2H3,(H,26,30). The molecule has 0 radical (unpaired) electrons. The van der Waals surface area contributed by atoms with Gasteiger partial charge in [-0.1, -0.05) is 37.6 Å². The molecule has 0 bridgehead atoms. The fourth-order valence-corrected chi connectivity index (χ4v) is 3.42. The molecule has 1 aromatic heterocycles. The summed E-state index contributed by atoms with van der Waals surface area (Å²) >= 11 is 0. The number of aromatic nitrogens is 3. The molecular weight excluding hydrogens is 388 g/mol. The third kappa shape index (κ3) is 5.09. The third-order valence-corrected chi connectivity index (χ3v) is 5.17. The SMILES string of the molecule is CCCCc1ccc(-n2nc3ccc(NC(=O)Cc4ccc(OC)cc4)cc3n2)cc1. The molecule has 4 rings (SSSR count). The summed E-state index contributed by atoms with van der Waals surface area (Å²) in [5.74, 6) is 0.688. The lowest BCUT2D eigenvalue weighted by atomic mass is 10.1. The Bertz CT molecular complexity index is 1160. The minimum Gasteiger partial charge on any atom is -0.497 e. The van der Waals surface area contributed by atoms with Crippen molar-refractivity contribution in [2.75, 3.05) is 12.4 Å². The number of ether oxygens (including phenoxy) is 1. The number of nitrogens with zero attached hydrogens (tertiary/aromatic N) is 3. The van der Waals surface area contributed by atoms with Crippen molar-refractivity contribution in [2.45, 2.75) is 32.6 Å². The second-order valence-corrected chi connectivity index (χ2v) is 7.54. The van der Waals surface area contributed by atoms with Gasteiger partial charge in [0, 0.05) is 5.69 Å². The molecule has 0 aliphatic carbocycles. The van der Waals surface area contributed by atoms with Gasteiger partial charge in [0.1, 0.15) is 16.8 Å². The van der Waals surface area contributed by atoms with E-state index < -0.39 is 0 Å². The van der Waals surface area contributed by atoms with Crippen LogP contribution >= 0.6 is 0 Å². The van der Waals surface area contributed by atoms with E-state index in [-0.39, 0.29) is 5.91 Å². The van der Waals surface area contributed by atoms with Gasteiger partial charge in [0.25, 0.3) is 0 Å². The van der Waals surface area contributed by atoms with Gasteiger partial charge < -0.3 is 10.1 Å². The molecule has 1 N–H and O–H groups in total. The average Bonchev–Trinajstić information content (AvgIpc) is 3.22. The van der Waals surface area contributed by atoms with Crippen molar-refractivity contribution in [3.8, 4) is 11.4 Å². The van der Waals surface area contributed by atoms with E-state index in [1.807, 2.05) is 54.6 Å². The summed E-state index contributed by atoms with van der Waals surface area (Å²) in [6.45, 7) is 2.20. The molecule has 3 aromatic carbocycles. The highest BCUT2D eigenvalue weighted by Crippen LogP contribution is 2.19. The Morgan fingerprint density at radius 2 is 1.65 bits per heavy atom. The molecule has 0 fully saturated rings. The van der Waals surface area contributed by atoms with Gasteiger partial charge in [0.05, 0.1) is 19.2 Å². The van der Waals surface area contributed by atoms with Crippen molar-refractivity contribution in [1.82, 2.24) is 15.0 Å². The van der Waals surface area contributed by atoms with Crippen molar-refractivity contribution < 1.29 is 9.53 Å². The highest BCUT2D eigenvalue weighted by Gasteiger charge is 2.09. The predicted octanol–water partition coefficient (Wildman–Crippen LogP) is 4.95. The molecule has 0 aliphatic heterocycles. The molecular formula is C25H26N4O2. The number of hydrogen-bond acceptors (Lipinski definition) is 4. The van der Waals surface area contributed by atoms with Crippen LogP contribution in [0.5, 0.6) is 5.75 Å². The monoisotopic (exact) mass is 414 g/mol. The van der Waals surface area contributed by atoms with E-state index in [0.717, 1.165) is 34.5 Å². The molecule has 0 saturated heterocycles. The molecule has 1 heterocycles. The van der Waals surface area contributed by atoms with Crippen LogP contribution < -0.4 is 10.1 Å². The minimum absolute atomic E-state index is 0.0837. The number of anilines is 1. The average molecular weight is 415 g/mol. The predicted molar refractivity (Wildman–Crippen MR) is 123 cm³/mol. The summed E-state index contributed by atoms with van der Waals surface area (Å²) in [4.78, 5) is 14.1. The van der Waals surface area contributed by atoms with Crippen molar-refractivity contribution >= 4 is 22.6 Å². The first-order valence-electron chi connectivity index (χ1n) is 10.5. The zero-order valence-corrected chi connectivity index (χ0v) is 17.8. The molecule has 0 saturated carbocycles. The van der Waals surface area contributed by atoms with Crippen LogP contribution in [0.4, 0.5) is 5.69 Å². The van der Waals surface area contributed by atoms with E-state index >= 15 is 0 Å². The lowest BCUT2D eigenvalue weighted by molar-refractivity contribution is -0.115. The topological polar surface area (TPSA) is 69.0 Å². The van der Waals surface area contributed by atoms with Crippen molar-refractivity contribution in [3.05, 3.63) is 77.9 Å². The fourth-order valence-electron chi connectivity index (χ4n) is 3.42. The largest absolute Gasteiger partial charge is 0.497 e. The van der Waals surface area contributed by atoms with E-state index in [4.69, 9.17) is 4.74 Å². The van der Waals surface area contributed by atoms with Crippen molar-refractivity contribution in [2.24, 2.45) is 0 Å². The smallest absolute Gasteiger partial charge is 0.228 e. The first-order valence-corrected chi connectivity index (χ1v) is 10.5. The molecule has 0 aliphatic rings. The van der Waals surface area contributed by atoms with Gasteiger partial charge in [-0.05, 0) is 66.4 Å². The van der Waals surface area contributed by atoms with Crippen molar-refractivity contribution in [3.63, 3.8) is 0 Å². The maximum absolute atomic E-state index is 12.4. The summed E-state index contributed by atoms with van der Waals surface area (Å²) in [5.41, 5.74) is 5.38. The second kappa shape index (κ2) is 9.43. The highest BCUT2D eigenvalue weighted by molar-refractivity contribution is 5.94. The number of unbranched alkanes of at least 4 members (excludes halogenated alkanes) is 1. The molecule has 158 valence electrons. The Morgan fingerprint density at radius 3 is 2.35 bits per heavy atom. The zero-order valence-electron chi connectivity index (χ0n) is 17.8. The fraction of sp³-hybridized carbons (Fsp3) is 0.240. The summed E-state index contributed by atoms with van der Waals surface area (Å²) in [7, 11) is 1.62. The maximum Gasteiger partial charge on any atom is 0.228 e. The summed E-state index contributed by atoms with van der Waals surface area (Å²) in [6, 6.07) is 21.4. The van der Waals surface area contributed by atoms with Crippen LogP contribution in [0, 0.1) is 0 Å². The Labute approximate surface area is 181 Å². The van der Waals surface area contributed by atoms with Gasteiger partial charge in [-0.15, -0.1) is 10.2 Å². The zero-order chi connectivity index (χ0) is 21.6. The van der Waals surface area contributed by atoms with E-state index in [9.17, 15) is 4.79 Å².